The van der Waals surface area contributed by atoms with Crippen molar-refractivity contribution in [3.05, 3.63) is 61.2 Å². The van der Waals surface area contributed by atoms with Crippen molar-refractivity contribution in [1.29, 1.82) is 0 Å². The highest BCUT2D eigenvalue weighted by atomic mass is 79.9. The predicted octanol–water partition coefficient (Wildman–Crippen LogP) is 6.48. The summed E-state index contributed by atoms with van der Waals surface area (Å²) in [4.78, 5) is 0. The number of hydrogen-bond acceptors (Lipinski definition) is 1. The molecule has 106 valence electrons. The largest absolute Gasteiger partial charge is 0.487 e. The molecule has 0 N–H and O–H groups in total. The maximum atomic E-state index is 13.7. The number of alkyl halides is 1. The van der Waals surface area contributed by atoms with Crippen molar-refractivity contribution in [2.75, 3.05) is 0 Å². The monoisotopic (exact) mass is 484 g/mol. The van der Waals surface area contributed by atoms with E-state index in [1.807, 2.05) is 6.07 Å². The molecule has 0 amide bonds. The van der Waals surface area contributed by atoms with Crippen molar-refractivity contribution < 1.29 is 9.13 Å². The van der Waals surface area contributed by atoms with E-state index in [1.54, 1.807) is 18.2 Å². The summed E-state index contributed by atoms with van der Waals surface area (Å²) in [6.45, 7) is 0.152. The Morgan fingerprint density at radius 1 is 1.10 bits per heavy atom. The van der Waals surface area contributed by atoms with Crippen LogP contribution in [0.4, 0.5) is 4.39 Å². The quantitative estimate of drug-likeness (QED) is 0.449. The van der Waals surface area contributed by atoms with Crippen LogP contribution in [0.25, 0.3) is 0 Å². The zero-order chi connectivity index (χ0) is 14.7. The van der Waals surface area contributed by atoms with E-state index >= 15 is 0 Å². The molecule has 0 saturated carbocycles. The van der Waals surface area contributed by atoms with Crippen LogP contribution in [-0.2, 0) is 11.9 Å². The Morgan fingerprint density at radius 3 is 2.50 bits per heavy atom. The smallest absolute Gasteiger partial charge is 0.138 e. The lowest BCUT2D eigenvalue weighted by Crippen LogP contribution is -2.01. The Bertz CT molecular complexity index is 634. The van der Waals surface area contributed by atoms with Gasteiger partial charge in [-0.05, 0) is 40.2 Å². The molecule has 0 aromatic heterocycles. The first-order valence-electron chi connectivity index (χ1n) is 5.62. The Morgan fingerprint density at radius 2 is 1.85 bits per heavy atom. The van der Waals surface area contributed by atoms with Gasteiger partial charge in [-0.15, -0.1) is 0 Å². The molecule has 0 aliphatic heterocycles. The minimum Gasteiger partial charge on any atom is -0.487 e. The number of benzene rings is 2. The fourth-order valence-corrected chi connectivity index (χ4v) is 3.40. The first-order chi connectivity index (χ1) is 9.51. The van der Waals surface area contributed by atoms with E-state index in [-0.39, 0.29) is 12.4 Å². The maximum absolute atomic E-state index is 13.7. The maximum Gasteiger partial charge on any atom is 0.138 e. The van der Waals surface area contributed by atoms with E-state index in [1.165, 1.54) is 6.07 Å². The molecule has 0 radical (unpaired) electrons. The van der Waals surface area contributed by atoms with Crippen molar-refractivity contribution >= 4 is 59.4 Å². The van der Waals surface area contributed by atoms with Gasteiger partial charge in [0.05, 0.1) is 4.47 Å². The number of hydrogen-bond donors (Lipinski definition) is 0. The molecular weight excluding hydrogens is 478 g/mol. The first kappa shape index (κ1) is 16.3. The average Bonchev–Trinajstić information content (AvgIpc) is 2.38. The van der Waals surface area contributed by atoms with Crippen LogP contribution in [0.15, 0.2) is 39.3 Å². The highest BCUT2D eigenvalue weighted by Gasteiger charge is 2.11. The number of rotatable bonds is 4. The molecule has 1 nitrogen and oxygen atoms in total. The molecule has 2 aromatic carbocycles. The van der Waals surface area contributed by atoms with Gasteiger partial charge < -0.3 is 4.74 Å². The summed E-state index contributed by atoms with van der Waals surface area (Å²) in [6, 6.07) is 8.46. The van der Waals surface area contributed by atoms with Gasteiger partial charge in [-0.1, -0.05) is 49.5 Å². The molecule has 0 heterocycles. The Hall–Kier alpha value is -0.100. The van der Waals surface area contributed by atoms with Crippen LogP contribution in [0.3, 0.4) is 0 Å². The lowest BCUT2D eigenvalue weighted by atomic mass is 10.2. The van der Waals surface area contributed by atoms with Crippen molar-refractivity contribution in [2.45, 2.75) is 11.9 Å². The Kier molecular flexibility index (Phi) is 5.90. The molecule has 0 aliphatic rings. The highest BCUT2D eigenvalue weighted by molar-refractivity contribution is 9.11. The van der Waals surface area contributed by atoms with Crippen LogP contribution < -0.4 is 4.74 Å². The summed E-state index contributed by atoms with van der Waals surface area (Å²) < 4.78 is 20.9. The lowest BCUT2D eigenvalue weighted by Gasteiger charge is -2.13. The Balaban J connectivity index is 2.22. The van der Waals surface area contributed by atoms with Gasteiger partial charge >= 0.3 is 0 Å². The van der Waals surface area contributed by atoms with Crippen molar-refractivity contribution in [1.82, 2.24) is 0 Å². The van der Waals surface area contributed by atoms with Gasteiger partial charge in [0.1, 0.15) is 18.2 Å². The van der Waals surface area contributed by atoms with Crippen molar-refractivity contribution in [3.63, 3.8) is 0 Å². The predicted molar refractivity (Wildman–Crippen MR) is 90.2 cm³/mol. The van der Waals surface area contributed by atoms with Crippen LogP contribution in [0, 0.1) is 5.82 Å². The molecule has 0 atom stereocenters. The molecule has 6 heteroatoms. The molecule has 0 spiro atoms. The minimum atomic E-state index is -0.301. The van der Waals surface area contributed by atoms with Crippen LogP contribution in [0.1, 0.15) is 11.1 Å². The standard InChI is InChI=1S/C14H9Br3ClFO/c15-6-9-3-11(18)5-12(17)14(9)20-7-8-1-2-10(16)4-13(8)19/h1-5H,6-7H2. The number of ether oxygens (including phenoxy) is 1. The normalized spacial score (nSPS) is 10.7. The fraction of sp³-hybridized carbons (Fsp3) is 0.143. The zero-order valence-electron chi connectivity index (χ0n) is 10.1. The van der Waals surface area contributed by atoms with Gasteiger partial charge in [-0.3, -0.25) is 0 Å². The van der Waals surface area contributed by atoms with E-state index in [2.05, 4.69) is 47.8 Å². The Labute approximate surface area is 146 Å². The molecule has 0 saturated heterocycles. The fourth-order valence-electron chi connectivity index (χ4n) is 1.66. The summed E-state index contributed by atoms with van der Waals surface area (Å²) in [5, 5.41) is 1.22. The van der Waals surface area contributed by atoms with E-state index < -0.39 is 0 Å². The van der Waals surface area contributed by atoms with Gasteiger partial charge in [0.25, 0.3) is 0 Å². The summed E-state index contributed by atoms with van der Waals surface area (Å²) >= 11 is 16.0. The van der Waals surface area contributed by atoms with Gasteiger partial charge in [0, 0.05) is 26.0 Å². The molecule has 0 aliphatic carbocycles. The summed E-state index contributed by atoms with van der Waals surface area (Å²) in [6.07, 6.45) is 0. The second-order valence-electron chi connectivity index (χ2n) is 4.03. The van der Waals surface area contributed by atoms with E-state index in [0.717, 1.165) is 10.0 Å². The molecule has 0 unspecified atom stereocenters. The molecule has 0 bridgehead atoms. The first-order valence-corrected chi connectivity index (χ1v) is 8.70. The summed E-state index contributed by atoms with van der Waals surface area (Å²) in [5.74, 6) is 0.360. The van der Waals surface area contributed by atoms with Gasteiger partial charge in [-0.25, -0.2) is 4.39 Å². The van der Waals surface area contributed by atoms with Crippen LogP contribution in [0.5, 0.6) is 5.75 Å². The van der Waals surface area contributed by atoms with Gasteiger partial charge in [0.15, 0.2) is 0 Å². The van der Waals surface area contributed by atoms with E-state index in [0.29, 0.717) is 26.1 Å². The third kappa shape index (κ3) is 3.97. The molecule has 2 rings (SSSR count). The lowest BCUT2D eigenvalue weighted by molar-refractivity contribution is 0.295. The zero-order valence-corrected chi connectivity index (χ0v) is 15.6. The summed E-state index contributed by atoms with van der Waals surface area (Å²) in [5.41, 5.74) is 1.40. The van der Waals surface area contributed by atoms with Gasteiger partial charge in [-0.2, -0.15) is 0 Å². The van der Waals surface area contributed by atoms with E-state index in [4.69, 9.17) is 16.3 Å². The number of halogens is 5. The van der Waals surface area contributed by atoms with Crippen LogP contribution >= 0.6 is 59.4 Å². The third-order valence-corrected chi connectivity index (χ3v) is 4.52. The summed E-state index contributed by atoms with van der Waals surface area (Å²) in [7, 11) is 0. The molecule has 2 aromatic rings. The minimum absolute atomic E-state index is 0.152. The van der Waals surface area contributed by atoms with Crippen molar-refractivity contribution in [3.8, 4) is 5.75 Å². The van der Waals surface area contributed by atoms with Crippen molar-refractivity contribution in [2.24, 2.45) is 0 Å². The second-order valence-corrected chi connectivity index (χ2v) is 6.80. The SMILES string of the molecule is Fc1cc(Br)ccc1COc1c(Br)cc(Cl)cc1CBr. The molecule has 0 fully saturated rings. The van der Waals surface area contributed by atoms with Gasteiger partial charge in [0.2, 0.25) is 0 Å². The second kappa shape index (κ2) is 7.25. The molecular formula is C14H9Br3ClFO. The van der Waals surface area contributed by atoms with Crippen LogP contribution in [0.2, 0.25) is 5.02 Å². The average molecular weight is 487 g/mol. The third-order valence-electron chi connectivity index (χ3n) is 2.62. The van der Waals surface area contributed by atoms with E-state index in [9.17, 15) is 4.39 Å². The highest BCUT2D eigenvalue weighted by Crippen LogP contribution is 2.34. The topological polar surface area (TPSA) is 9.23 Å². The van der Waals surface area contributed by atoms with Crippen LogP contribution in [-0.4, -0.2) is 0 Å². The molecule has 20 heavy (non-hydrogen) atoms.